The van der Waals surface area contributed by atoms with Crippen LogP contribution in [0.5, 0.6) is 5.75 Å². The molecule has 1 saturated heterocycles. The lowest BCUT2D eigenvalue weighted by molar-refractivity contribution is -0.123. The van der Waals surface area contributed by atoms with Crippen LogP contribution in [0.15, 0.2) is 24.3 Å². The molecule has 22 heavy (non-hydrogen) atoms. The molecular weight excluding hydrogens is 276 g/mol. The lowest BCUT2D eigenvalue weighted by atomic mass is 10.00. The number of likely N-dealkylation sites (tertiary alicyclic amines) is 1. The monoisotopic (exact) mass is 304 g/mol. The molecule has 1 fully saturated rings. The van der Waals surface area contributed by atoms with Crippen molar-refractivity contribution in [3.63, 3.8) is 0 Å². The highest BCUT2D eigenvalue weighted by Crippen LogP contribution is 2.18. The molecule has 0 bridgehead atoms. The van der Waals surface area contributed by atoms with E-state index in [4.69, 9.17) is 4.74 Å². The Morgan fingerprint density at radius 3 is 3.05 bits per heavy atom. The summed E-state index contributed by atoms with van der Waals surface area (Å²) in [5.74, 6) is 1.01. The minimum atomic E-state index is 0.142. The van der Waals surface area contributed by atoms with Gasteiger partial charge in [0.15, 0.2) is 0 Å². The highest BCUT2D eigenvalue weighted by atomic mass is 16.5. The predicted molar refractivity (Wildman–Crippen MR) is 89.2 cm³/mol. The van der Waals surface area contributed by atoms with Gasteiger partial charge in [-0.1, -0.05) is 25.5 Å². The summed E-state index contributed by atoms with van der Waals surface area (Å²) < 4.78 is 5.21. The molecule has 122 valence electrons. The van der Waals surface area contributed by atoms with E-state index in [-0.39, 0.29) is 5.91 Å². The molecule has 1 aliphatic rings. The van der Waals surface area contributed by atoms with Crippen LogP contribution in [0.2, 0.25) is 0 Å². The van der Waals surface area contributed by atoms with Crippen LogP contribution >= 0.6 is 0 Å². The van der Waals surface area contributed by atoms with E-state index in [1.807, 2.05) is 18.2 Å². The molecule has 1 amide bonds. The normalized spacial score (nSPS) is 18.9. The van der Waals surface area contributed by atoms with Gasteiger partial charge in [-0.25, -0.2) is 0 Å². The van der Waals surface area contributed by atoms with Gasteiger partial charge in [-0.15, -0.1) is 0 Å². The van der Waals surface area contributed by atoms with Crippen molar-refractivity contribution >= 4 is 5.91 Å². The van der Waals surface area contributed by atoms with Crippen molar-refractivity contribution < 1.29 is 9.53 Å². The Balaban J connectivity index is 1.73. The van der Waals surface area contributed by atoms with Crippen molar-refractivity contribution in [2.45, 2.75) is 45.1 Å². The molecule has 1 N–H and O–H groups in total. The fraction of sp³-hybridized carbons (Fsp3) is 0.611. The zero-order chi connectivity index (χ0) is 15.8. The van der Waals surface area contributed by atoms with Gasteiger partial charge in [-0.05, 0) is 49.9 Å². The Bertz CT molecular complexity index is 476. The minimum absolute atomic E-state index is 0.142. The van der Waals surface area contributed by atoms with Crippen molar-refractivity contribution in [1.82, 2.24) is 10.2 Å². The molecule has 1 aromatic carbocycles. The van der Waals surface area contributed by atoms with Crippen LogP contribution in [0.25, 0.3) is 0 Å². The first-order valence-corrected chi connectivity index (χ1v) is 8.36. The number of benzene rings is 1. The Kier molecular flexibility index (Phi) is 6.72. The fourth-order valence-corrected chi connectivity index (χ4v) is 3.15. The maximum atomic E-state index is 12.1. The number of rotatable bonds is 7. The lowest BCUT2D eigenvalue weighted by Crippen LogP contribution is -2.45. The van der Waals surface area contributed by atoms with E-state index in [2.05, 4.69) is 23.2 Å². The molecule has 1 unspecified atom stereocenters. The maximum absolute atomic E-state index is 12.1. The smallest absolute Gasteiger partial charge is 0.234 e. The number of hydrogen-bond acceptors (Lipinski definition) is 3. The second-order valence-electron chi connectivity index (χ2n) is 5.98. The number of nitrogens with zero attached hydrogens (tertiary/aromatic N) is 1. The largest absolute Gasteiger partial charge is 0.497 e. The molecule has 1 atom stereocenters. The average molecular weight is 304 g/mol. The SMILES string of the molecule is CCC1CCCCN1CC(=O)NCCc1cccc(OC)c1. The molecule has 2 rings (SSSR count). The van der Waals surface area contributed by atoms with Crippen molar-refractivity contribution in [2.24, 2.45) is 0 Å². The van der Waals surface area contributed by atoms with Gasteiger partial charge in [0.05, 0.1) is 13.7 Å². The molecule has 1 aliphatic heterocycles. The van der Waals surface area contributed by atoms with Crippen molar-refractivity contribution in [1.29, 1.82) is 0 Å². The number of nitrogens with one attached hydrogen (secondary N) is 1. The highest BCUT2D eigenvalue weighted by Gasteiger charge is 2.22. The van der Waals surface area contributed by atoms with E-state index in [0.29, 0.717) is 19.1 Å². The molecule has 0 aromatic heterocycles. The number of hydrogen-bond donors (Lipinski definition) is 1. The van der Waals surface area contributed by atoms with Crippen LogP contribution in [0, 0.1) is 0 Å². The zero-order valence-corrected chi connectivity index (χ0v) is 13.8. The van der Waals surface area contributed by atoms with Gasteiger partial charge in [0.2, 0.25) is 5.91 Å². The Labute approximate surface area is 133 Å². The Morgan fingerprint density at radius 2 is 2.27 bits per heavy atom. The molecule has 0 saturated carbocycles. The van der Waals surface area contributed by atoms with Crippen LogP contribution in [0.3, 0.4) is 0 Å². The molecule has 4 heteroatoms. The number of amides is 1. The van der Waals surface area contributed by atoms with E-state index in [1.54, 1.807) is 7.11 Å². The maximum Gasteiger partial charge on any atom is 0.234 e. The van der Waals surface area contributed by atoms with E-state index in [1.165, 1.54) is 24.8 Å². The van der Waals surface area contributed by atoms with Gasteiger partial charge in [0.25, 0.3) is 0 Å². The topological polar surface area (TPSA) is 41.6 Å². The van der Waals surface area contributed by atoms with Crippen LogP contribution in [0.4, 0.5) is 0 Å². The second kappa shape index (κ2) is 8.79. The first kappa shape index (κ1) is 16.8. The van der Waals surface area contributed by atoms with Gasteiger partial charge in [-0.3, -0.25) is 9.69 Å². The van der Waals surface area contributed by atoms with Crippen LogP contribution in [0.1, 0.15) is 38.2 Å². The fourth-order valence-electron chi connectivity index (χ4n) is 3.15. The van der Waals surface area contributed by atoms with Gasteiger partial charge < -0.3 is 10.1 Å². The van der Waals surface area contributed by atoms with Crippen LogP contribution in [-0.2, 0) is 11.2 Å². The number of methoxy groups -OCH3 is 1. The number of carbonyl (C=O) groups is 1. The highest BCUT2D eigenvalue weighted by molar-refractivity contribution is 5.78. The third kappa shape index (κ3) is 5.02. The number of ether oxygens (including phenoxy) is 1. The number of carbonyl (C=O) groups excluding carboxylic acids is 1. The summed E-state index contributed by atoms with van der Waals surface area (Å²) in [4.78, 5) is 14.4. The summed E-state index contributed by atoms with van der Waals surface area (Å²) in [6.07, 6.45) is 5.71. The molecule has 1 aromatic rings. The van der Waals surface area contributed by atoms with Crippen molar-refractivity contribution in [3.05, 3.63) is 29.8 Å². The standard InChI is InChI=1S/C18H28N2O2/c1-3-16-8-4-5-12-20(16)14-18(21)19-11-10-15-7-6-9-17(13-15)22-2/h6-7,9,13,16H,3-5,8,10-12,14H2,1-2H3,(H,19,21). The molecule has 0 radical (unpaired) electrons. The van der Waals surface area contributed by atoms with Crippen LogP contribution < -0.4 is 10.1 Å². The lowest BCUT2D eigenvalue weighted by Gasteiger charge is -2.34. The number of piperidine rings is 1. The molecule has 4 nitrogen and oxygen atoms in total. The summed E-state index contributed by atoms with van der Waals surface area (Å²) in [6.45, 7) is 4.48. The third-order valence-corrected chi connectivity index (χ3v) is 4.44. The van der Waals surface area contributed by atoms with Crippen LogP contribution in [-0.4, -0.2) is 43.6 Å². The quantitative estimate of drug-likeness (QED) is 0.842. The summed E-state index contributed by atoms with van der Waals surface area (Å²) in [7, 11) is 1.67. The second-order valence-corrected chi connectivity index (χ2v) is 5.98. The van der Waals surface area contributed by atoms with Crippen molar-refractivity contribution in [3.8, 4) is 5.75 Å². The van der Waals surface area contributed by atoms with E-state index in [0.717, 1.165) is 25.1 Å². The van der Waals surface area contributed by atoms with E-state index in [9.17, 15) is 4.79 Å². The summed E-state index contributed by atoms with van der Waals surface area (Å²) in [6, 6.07) is 8.58. The first-order chi connectivity index (χ1) is 10.7. The van der Waals surface area contributed by atoms with Gasteiger partial charge in [0.1, 0.15) is 5.75 Å². The zero-order valence-electron chi connectivity index (χ0n) is 13.8. The minimum Gasteiger partial charge on any atom is -0.497 e. The molecule has 1 heterocycles. The molecule has 0 aliphatic carbocycles. The Hall–Kier alpha value is -1.55. The summed E-state index contributed by atoms with van der Waals surface area (Å²) in [5.41, 5.74) is 1.18. The predicted octanol–water partition coefficient (Wildman–Crippen LogP) is 2.62. The Morgan fingerprint density at radius 1 is 1.41 bits per heavy atom. The average Bonchev–Trinajstić information content (AvgIpc) is 2.55. The molecular formula is C18H28N2O2. The van der Waals surface area contributed by atoms with Gasteiger partial charge >= 0.3 is 0 Å². The third-order valence-electron chi connectivity index (χ3n) is 4.44. The first-order valence-electron chi connectivity index (χ1n) is 8.36. The van der Waals surface area contributed by atoms with E-state index < -0.39 is 0 Å². The van der Waals surface area contributed by atoms with Gasteiger partial charge in [0, 0.05) is 12.6 Å². The van der Waals surface area contributed by atoms with E-state index >= 15 is 0 Å². The molecule has 0 spiro atoms. The summed E-state index contributed by atoms with van der Waals surface area (Å²) in [5, 5.41) is 3.04. The summed E-state index contributed by atoms with van der Waals surface area (Å²) >= 11 is 0. The van der Waals surface area contributed by atoms with Gasteiger partial charge in [-0.2, -0.15) is 0 Å². The van der Waals surface area contributed by atoms with Crippen molar-refractivity contribution in [2.75, 3.05) is 26.7 Å².